The molecule has 9 heteroatoms. The molecule has 0 aliphatic heterocycles. The Bertz CT molecular complexity index is 1400. The Balaban J connectivity index is 4.17. The lowest BCUT2D eigenvalue weighted by atomic mass is 10.0. The van der Waals surface area contributed by atoms with E-state index < -0.39 is 20.0 Å². The second-order valence-electron chi connectivity index (χ2n) is 21.7. The Hall–Kier alpha value is -2.06. The van der Waals surface area contributed by atoms with Crippen LogP contribution in [0.15, 0.2) is 72.9 Å². The maximum absolute atomic E-state index is 13.0. The fraction of sp³-hybridized carbons (Fsp3) is 0.794. The fourth-order valence-corrected chi connectivity index (χ4v) is 9.45. The van der Waals surface area contributed by atoms with Crippen molar-refractivity contribution in [2.45, 2.75) is 283 Å². The summed E-state index contributed by atoms with van der Waals surface area (Å²) in [4.78, 5) is 23.3. The molecule has 0 radical (unpaired) electrons. The molecule has 0 fully saturated rings. The Kier molecular flexibility index (Phi) is 52.2. The van der Waals surface area contributed by atoms with E-state index in [9.17, 15) is 19.4 Å². The number of nitrogens with zero attached hydrogens (tertiary/aromatic N) is 1. The third kappa shape index (κ3) is 55.7. The molecule has 0 aromatic heterocycles. The number of aliphatic hydroxyl groups is 1. The van der Waals surface area contributed by atoms with Crippen molar-refractivity contribution in [3.05, 3.63) is 72.9 Å². The highest BCUT2D eigenvalue weighted by atomic mass is 31.2. The van der Waals surface area contributed by atoms with Crippen LogP contribution < -0.4 is 5.32 Å². The van der Waals surface area contributed by atoms with Crippen LogP contribution >= 0.6 is 7.82 Å². The van der Waals surface area contributed by atoms with Gasteiger partial charge >= 0.3 is 7.82 Å². The van der Waals surface area contributed by atoms with Gasteiger partial charge in [0.15, 0.2) is 0 Å². The van der Waals surface area contributed by atoms with Gasteiger partial charge in [0.25, 0.3) is 0 Å². The summed E-state index contributed by atoms with van der Waals surface area (Å²) >= 11 is 0. The van der Waals surface area contributed by atoms with Crippen molar-refractivity contribution in [3.63, 3.8) is 0 Å². The fourth-order valence-electron chi connectivity index (χ4n) is 8.72. The first kappa shape index (κ1) is 69.9. The zero-order valence-corrected chi connectivity index (χ0v) is 48.8. The zero-order chi connectivity index (χ0) is 52.7. The molecule has 0 aromatic carbocycles. The number of quaternary nitrogens is 1. The van der Waals surface area contributed by atoms with Crippen molar-refractivity contribution in [3.8, 4) is 0 Å². The lowest BCUT2D eigenvalue weighted by Gasteiger charge is -2.25. The standard InChI is InChI=1S/C63H117N2O6P/c1-6-8-10-12-14-16-18-20-22-24-26-28-29-30-31-32-33-34-35-37-39-41-43-45-47-49-51-53-55-57-63(67)64-61(60-71-72(68,69)70-59-58-65(3,4)5)62(66)56-54-52-50-48-46-44-42-40-38-36-27-25-23-21-19-17-15-13-11-9-7-2/h8,10,14,16,20,22,26,28,30-31,54,56,61-62,66H,6-7,9,11-13,15,17-19,21,23-25,27,29,32-53,55,57-60H2,1-5H3,(H-,64,67,68,69)/p+1/b10-8-,16-14-,22-20-,28-26-,31-30-,56-54+. The number of amides is 1. The average molecular weight is 1030 g/mol. The van der Waals surface area contributed by atoms with Crippen molar-refractivity contribution in [2.75, 3.05) is 40.9 Å². The molecular weight excluding hydrogens is 912 g/mol. The van der Waals surface area contributed by atoms with Gasteiger partial charge in [-0.2, -0.15) is 0 Å². The Morgan fingerprint density at radius 1 is 0.486 bits per heavy atom. The molecule has 3 atom stereocenters. The Morgan fingerprint density at radius 2 is 0.833 bits per heavy atom. The molecule has 0 aliphatic rings. The molecule has 1 amide bonds. The van der Waals surface area contributed by atoms with Gasteiger partial charge in [0.05, 0.1) is 39.9 Å². The topological polar surface area (TPSA) is 105 Å². The molecule has 3 N–H and O–H groups in total. The number of carbonyl (C=O) groups excluding carboxylic acids is 1. The highest BCUT2D eigenvalue weighted by Gasteiger charge is 2.27. The van der Waals surface area contributed by atoms with Crippen LogP contribution in [-0.2, 0) is 18.4 Å². The largest absolute Gasteiger partial charge is 0.472 e. The molecule has 72 heavy (non-hydrogen) atoms. The summed E-state index contributed by atoms with van der Waals surface area (Å²) in [7, 11) is 1.57. The summed E-state index contributed by atoms with van der Waals surface area (Å²) in [5, 5.41) is 14.0. The number of rotatable bonds is 55. The van der Waals surface area contributed by atoms with Gasteiger partial charge in [-0.05, 0) is 64.2 Å². The maximum Gasteiger partial charge on any atom is 0.472 e. The summed E-state index contributed by atoms with van der Waals surface area (Å²) in [5.41, 5.74) is 0. The van der Waals surface area contributed by atoms with Gasteiger partial charge in [0.2, 0.25) is 5.91 Å². The van der Waals surface area contributed by atoms with Crippen LogP contribution in [-0.4, -0.2) is 73.4 Å². The van der Waals surface area contributed by atoms with Crippen LogP contribution in [0.5, 0.6) is 0 Å². The smallest absolute Gasteiger partial charge is 0.387 e. The van der Waals surface area contributed by atoms with Gasteiger partial charge in [-0.1, -0.05) is 273 Å². The maximum atomic E-state index is 13.0. The minimum absolute atomic E-state index is 0.0596. The van der Waals surface area contributed by atoms with E-state index in [2.05, 4.69) is 79.9 Å². The molecule has 0 aliphatic carbocycles. The summed E-state index contributed by atoms with van der Waals surface area (Å²) in [6.45, 7) is 4.73. The molecular formula is C63H118N2O6P+. The third-order valence-corrected chi connectivity index (χ3v) is 14.4. The Labute approximate surface area is 446 Å². The predicted molar refractivity (Wildman–Crippen MR) is 313 cm³/mol. The summed E-state index contributed by atoms with van der Waals surface area (Å²) < 4.78 is 23.7. The first-order valence-electron chi connectivity index (χ1n) is 30.3. The van der Waals surface area contributed by atoms with Gasteiger partial charge in [0.1, 0.15) is 13.2 Å². The van der Waals surface area contributed by atoms with Crippen molar-refractivity contribution in [1.29, 1.82) is 0 Å². The molecule has 0 spiro atoms. The quantitative estimate of drug-likeness (QED) is 0.0243. The van der Waals surface area contributed by atoms with Gasteiger partial charge < -0.3 is 19.8 Å². The minimum atomic E-state index is -4.35. The number of carbonyl (C=O) groups is 1. The SMILES string of the molecule is CC/C=C\C/C=C\C/C=C\C/C=C\C/C=C\CCCCCCCCCCCCCCCC(=O)NC(COP(=O)(O)OCC[N+](C)(C)C)C(O)/C=C/CCCCCCCCCCCCCCCCCCCCC. The van der Waals surface area contributed by atoms with Crippen LogP contribution in [0.2, 0.25) is 0 Å². The van der Waals surface area contributed by atoms with E-state index in [4.69, 9.17) is 9.05 Å². The van der Waals surface area contributed by atoms with Crippen LogP contribution in [0.25, 0.3) is 0 Å². The monoisotopic (exact) mass is 1030 g/mol. The van der Waals surface area contributed by atoms with Crippen LogP contribution in [0.4, 0.5) is 0 Å². The predicted octanol–water partition coefficient (Wildman–Crippen LogP) is 18.7. The van der Waals surface area contributed by atoms with Gasteiger partial charge in [-0.15, -0.1) is 0 Å². The number of nitrogens with one attached hydrogen (secondary N) is 1. The van der Waals surface area contributed by atoms with E-state index in [1.54, 1.807) is 6.08 Å². The number of aliphatic hydroxyl groups excluding tert-OH is 1. The molecule has 0 aromatic rings. The molecule has 0 saturated carbocycles. The minimum Gasteiger partial charge on any atom is -0.387 e. The number of unbranched alkanes of at least 4 members (excludes halogenated alkanes) is 32. The molecule has 0 saturated heterocycles. The normalized spacial score (nSPS) is 14.4. The van der Waals surface area contributed by atoms with E-state index in [0.29, 0.717) is 17.4 Å². The van der Waals surface area contributed by atoms with Crippen LogP contribution in [0.1, 0.15) is 271 Å². The van der Waals surface area contributed by atoms with Crippen LogP contribution in [0, 0.1) is 0 Å². The molecule has 3 unspecified atom stereocenters. The highest BCUT2D eigenvalue weighted by molar-refractivity contribution is 7.47. The van der Waals surface area contributed by atoms with Crippen molar-refractivity contribution in [1.82, 2.24) is 5.32 Å². The number of hydrogen-bond donors (Lipinski definition) is 3. The van der Waals surface area contributed by atoms with Crippen LogP contribution in [0.3, 0.4) is 0 Å². The lowest BCUT2D eigenvalue weighted by molar-refractivity contribution is -0.870. The summed E-state index contributed by atoms with van der Waals surface area (Å²) in [5.74, 6) is -0.178. The van der Waals surface area contributed by atoms with Crippen molar-refractivity contribution in [2.24, 2.45) is 0 Å². The number of phosphoric ester groups is 1. The number of likely N-dealkylation sites (N-methyl/N-ethyl adjacent to an activating group) is 1. The van der Waals surface area contributed by atoms with Crippen molar-refractivity contribution >= 4 is 13.7 Å². The molecule has 8 nitrogen and oxygen atoms in total. The second-order valence-corrected chi connectivity index (χ2v) is 23.2. The first-order chi connectivity index (χ1) is 35.0. The number of phosphoric acid groups is 1. The van der Waals surface area contributed by atoms with E-state index in [1.807, 2.05) is 27.2 Å². The number of hydrogen-bond acceptors (Lipinski definition) is 5. The zero-order valence-electron chi connectivity index (χ0n) is 47.9. The third-order valence-electron chi connectivity index (χ3n) is 13.4. The summed E-state index contributed by atoms with van der Waals surface area (Å²) in [6.07, 6.45) is 74.3. The van der Waals surface area contributed by atoms with Gasteiger partial charge in [-0.25, -0.2) is 4.57 Å². The van der Waals surface area contributed by atoms with E-state index in [-0.39, 0.29) is 19.1 Å². The van der Waals surface area contributed by atoms with E-state index >= 15 is 0 Å². The average Bonchev–Trinajstić information content (AvgIpc) is 3.34. The molecule has 0 bridgehead atoms. The number of allylic oxidation sites excluding steroid dienone is 11. The van der Waals surface area contributed by atoms with Gasteiger partial charge in [-0.3, -0.25) is 13.8 Å². The lowest BCUT2D eigenvalue weighted by Crippen LogP contribution is -2.45. The van der Waals surface area contributed by atoms with E-state index in [1.165, 1.54) is 180 Å². The summed E-state index contributed by atoms with van der Waals surface area (Å²) in [6, 6.07) is -0.851. The Morgan fingerprint density at radius 3 is 1.22 bits per heavy atom. The second kappa shape index (κ2) is 53.8. The van der Waals surface area contributed by atoms with E-state index in [0.717, 1.165) is 70.6 Å². The van der Waals surface area contributed by atoms with Crippen molar-refractivity contribution < 1.29 is 32.9 Å². The molecule has 0 rings (SSSR count). The molecule has 420 valence electrons. The first-order valence-corrected chi connectivity index (χ1v) is 31.8. The highest BCUT2D eigenvalue weighted by Crippen LogP contribution is 2.43. The molecule has 0 heterocycles. The van der Waals surface area contributed by atoms with Gasteiger partial charge in [0, 0.05) is 6.42 Å².